The molecule has 0 saturated heterocycles. The highest BCUT2D eigenvalue weighted by molar-refractivity contribution is 5.69. The van der Waals surface area contributed by atoms with Crippen LogP contribution in [0.15, 0.2) is 18.2 Å². The first kappa shape index (κ1) is 18.7. The second kappa shape index (κ2) is 7.99. The summed E-state index contributed by atoms with van der Waals surface area (Å²) >= 11 is 0. The summed E-state index contributed by atoms with van der Waals surface area (Å²) in [5.41, 5.74) is 3.27. The Morgan fingerprint density at radius 1 is 1.38 bits per heavy atom. The molecule has 1 aromatic rings. The van der Waals surface area contributed by atoms with Crippen LogP contribution in [0.3, 0.4) is 0 Å². The van der Waals surface area contributed by atoms with Gasteiger partial charge in [0.2, 0.25) is 0 Å². The van der Waals surface area contributed by atoms with Gasteiger partial charge in [0.05, 0.1) is 0 Å². The molecule has 0 saturated carbocycles. The molecule has 0 aromatic heterocycles. The highest BCUT2D eigenvalue weighted by Crippen LogP contribution is 2.26. The predicted octanol–water partition coefficient (Wildman–Crippen LogP) is 2.84. The fourth-order valence-corrected chi connectivity index (χ4v) is 2.90. The van der Waals surface area contributed by atoms with Crippen molar-refractivity contribution < 1.29 is 14.6 Å². The standard InChI is InChI=1S/C19H30N2O3/c1-14-10-17-11-15(12-20-8-5-9-22)6-7-16(17)13-21(14)18(23)24-19(2,3)4/h6-7,11,14,20,22H,5,8-10,12-13H2,1-4H3. The SMILES string of the molecule is CC1Cc2cc(CNCCCO)ccc2CN1C(=O)OC(C)(C)C. The predicted molar refractivity (Wildman–Crippen MR) is 94.8 cm³/mol. The lowest BCUT2D eigenvalue weighted by atomic mass is 9.93. The van der Waals surface area contributed by atoms with E-state index < -0.39 is 5.60 Å². The summed E-state index contributed by atoms with van der Waals surface area (Å²) in [7, 11) is 0. The quantitative estimate of drug-likeness (QED) is 0.813. The van der Waals surface area contributed by atoms with Crippen LogP contribution in [0.4, 0.5) is 4.79 Å². The number of aliphatic hydroxyl groups excluding tert-OH is 1. The maximum Gasteiger partial charge on any atom is 0.410 e. The molecular formula is C19H30N2O3. The van der Waals surface area contributed by atoms with Crippen molar-refractivity contribution in [3.05, 3.63) is 34.9 Å². The number of carbonyl (C=O) groups excluding carboxylic acids is 1. The Bertz CT molecular complexity index is 566. The summed E-state index contributed by atoms with van der Waals surface area (Å²) < 4.78 is 5.52. The van der Waals surface area contributed by atoms with E-state index in [1.807, 2.05) is 25.7 Å². The molecule has 1 unspecified atom stereocenters. The van der Waals surface area contributed by atoms with Crippen LogP contribution < -0.4 is 5.32 Å². The normalized spacial score (nSPS) is 17.5. The van der Waals surface area contributed by atoms with E-state index in [1.54, 1.807) is 0 Å². The van der Waals surface area contributed by atoms with Crippen molar-refractivity contribution in [2.75, 3.05) is 13.2 Å². The van der Waals surface area contributed by atoms with Gasteiger partial charge in [-0.2, -0.15) is 0 Å². The lowest BCUT2D eigenvalue weighted by Gasteiger charge is -2.36. The maximum atomic E-state index is 12.4. The smallest absolute Gasteiger partial charge is 0.410 e. The van der Waals surface area contributed by atoms with Crippen LogP contribution in [-0.2, 0) is 24.2 Å². The first-order valence-electron chi connectivity index (χ1n) is 8.72. The minimum Gasteiger partial charge on any atom is -0.444 e. The molecule has 24 heavy (non-hydrogen) atoms. The molecule has 0 bridgehead atoms. The Balaban J connectivity index is 2.01. The molecule has 0 radical (unpaired) electrons. The van der Waals surface area contributed by atoms with Crippen LogP contribution in [0.2, 0.25) is 0 Å². The van der Waals surface area contributed by atoms with Crippen molar-refractivity contribution in [2.45, 2.75) is 65.3 Å². The van der Waals surface area contributed by atoms with Crippen LogP contribution in [0.5, 0.6) is 0 Å². The van der Waals surface area contributed by atoms with Crippen LogP contribution in [-0.4, -0.2) is 40.9 Å². The fourth-order valence-electron chi connectivity index (χ4n) is 2.90. The second-order valence-corrected chi connectivity index (χ2v) is 7.52. The van der Waals surface area contributed by atoms with Gasteiger partial charge in [0.25, 0.3) is 0 Å². The van der Waals surface area contributed by atoms with Gasteiger partial charge in [-0.3, -0.25) is 0 Å². The highest BCUT2D eigenvalue weighted by Gasteiger charge is 2.30. The lowest BCUT2D eigenvalue weighted by molar-refractivity contribution is 0.0138. The van der Waals surface area contributed by atoms with Crippen LogP contribution in [0.1, 0.15) is 50.8 Å². The summed E-state index contributed by atoms with van der Waals surface area (Å²) in [6.45, 7) is 10.2. The maximum absolute atomic E-state index is 12.4. The summed E-state index contributed by atoms with van der Waals surface area (Å²) in [4.78, 5) is 14.2. The van der Waals surface area contributed by atoms with Crippen LogP contribution in [0, 0.1) is 0 Å². The molecule has 0 spiro atoms. The third kappa shape index (κ3) is 5.21. The number of amides is 1. The van der Waals surface area contributed by atoms with Gasteiger partial charge in [-0.15, -0.1) is 0 Å². The van der Waals surface area contributed by atoms with Crippen molar-refractivity contribution in [3.8, 4) is 0 Å². The largest absolute Gasteiger partial charge is 0.444 e. The van der Waals surface area contributed by atoms with E-state index in [-0.39, 0.29) is 18.7 Å². The number of benzene rings is 1. The number of rotatable bonds is 5. The van der Waals surface area contributed by atoms with Crippen molar-refractivity contribution in [2.24, 2.45) is 0 Å². The van der Waals surface area contributed by atoms with Gasteiger partial charge in [-0.25, -0.2) is 4.79 Å². The van der Waals surface area contributed by atoms with E-state index in [2.05, 4.69) is 30.4 Å². The van der Waals surface area contributed by atoms with Crippen LogP contribution in [0.25, 0.3) is 0 Å². The minimum absolute atomic E-state index is 0.130. The number of nitrogens with zero attached hydrogens (tertiary/aromatic N) is 1. The molecule has 1 atom stereocenters. The topological polar surface area (TPSA) is 61.8 Å². The van der Waals surface area contributed by atoms with Gasteiger partial charge in [0, 0.05) is 25.7 Å². The zero-order valence-electron chi connectivity index (χ0n) is 15.3. The Labute approximate surface area is 145 Å². The molecule has 5 nitrogen and oxygen atoms in total. The Kier molecular flexibility index (Phi) is 6.24. The summed E-state index contributed by atoms with van der Waals surface area (Å²) in [6, 6.07) is 6.57. The second-order valence-electron chi connectivity index (χ2n) is 7.52. The van der Waals surface area contributed by atoms with Gasteiger partial charge in [0.1, 0.15) is 5.60 Å². The van der Waals surface area contributed by atoms with Gasteiger partial charge >= 0.3 is 6.09 Å². The van der Waals surface area contributed by atoms with E-state index in [1.165, 1.54) is 16.7 Å². The molecule has 134 valence electrons. The Hall–Kier alpha value is -1.59. The van der Waals surface area contributed by atoms with Gasteiger partial charge in [0.15, 0.2) is 0 Å². The molecule has 1 amide bonds. The number of carbonyl (C=O) groups is 1. The first-order valence-corrected chi connectivity index (χ1v) is 8.72. The zero-order chi connectivity index (χ0) is 17.7. The zero-order valence-corrected chi connectivity index (χ0v) is 15.3. The fraction of sp³-hybridized carbons (Fsp3) is 0.632. The number of ether oxygens (including phenoxy) is 1. The number of hydrogen-bond acceptors (Lipinski definition) is 4. The number of nitrogens with one attached hydrogen (secondary N) is 1. The molecule has 1 aromatic carbocycles. The summed E-state index contributed by atoms with van der Waals surface area (Å²) in [5, 5.41) is 12.1. The van der Waals surface area contributed by atoms with Crippen molar-refractivity contribution in [1.82, 2.24) is 10.2 Å². The molecule has 0 aliphatic carbocycles. The molecule has 1 aliphatic heterocycles. The van der Waals surface area contributed by atoms with E-state index >= 15 is 0 Å². The van der Waals surface area contributed by atoms with E-state index in [0.717, 1.165) is 25.9 Å². The van der Waals surface area contributed by atoms with Gasteiger partial charge in [-0.1, -0.05) is 18.2 Å². The summed E-state index contributed by atoms with van der Waals surface area (Å²) in [5.74, 6) is 0. The van der Waals surface area contributed by atoms with E-state index in [0.29, 0.717) is 6.54 Å². The number of fused-ring (bicyclic) bond motifs is 1. The number of aliphatic hydroxyl groups is 1. The summed E-state index contributed by atoms with van der Waals surface area (Å²) in [6.07, 6.45) is 1.38. The van der Waals surface area contributed by atoms with Crippen molar-refractivity contribution in [3.63, 3.8) is 0 Å². The van der Waals surface area contributed by atoms with E-state index in [4.69, 9.17) is 9.84 Å². The highest BCUT2D eigenvalue weighted by atomic mass is 16.6. The van der Waals surface area contributed by atoms with Gasteiger partial charge < -0.3 is 20.1 Å². The minimum atomic E-state index is -0.471. The molecule has 5 heteroatoms. The molecule has 1 aliphatic rings. The van der Waals surface area contributed by atoms with Crippen molar-refractivity contribution in [1.29, 1.82) is 0 Å². The average molecular weight is 334 g/mol. The van der Waals surface area contributed by atoms with Gasteiger partial charge in [-0.05, 0) is 63.8 Å². The average Bonchev–Trinajstić information content (AvgIpc) is 2.49. The molecule has 2 rings (SSSR count). The third-order valence-corrected chi connectivity index (χ3v) is 4.13. The van der Waals surface area contributed by atoms with E-state index in [9.17, 15) is 4.79 Å². The Morgan fingerprint density at radius 2 is 2.12 bits per heavy atom. The lowest BCUT2D eigenvalue weighted by Crippen LogP contribution is -2.45. The van der Waals surface area contributed by atoms with Crippen LogP contribution >= 0.6 is 0 Å². The first-order chi connectivity index (χ1) is 11.3. The molecule has 2 N–H and O–H groups in total. The molecular weight excluding hydrogens is 304 g/mol. The Morgan fingerprint density at radius 3 is 2.79 bits per heavy atom. The molecule has 1 heterocycles. The number of hydrogen-bond donors (Lipinski definition) is 2. The molecule has 0 fully saturated rings. The monoisotopic (exact) mass is 334 g/mol. The van der Waals surface area contributed by atoms with Crippen molar-refractivity contribution >= 4 is 6.09 Å². The third-order valence-electron chi connectivity index (χ3n) is 4.13.